The van der Waals surface area contributed by atoms with E-state index in [4.69, 9.17) is 4.98 Å². The Morgan fingerprint density at radius 2 is 2.17 bits per heavy atom. The Morgan fingerprint density at radius 1 is 1.29 bits per heavy atom. The van der Waals surface area contributed by atoms with Crippen molar-refractivity contribution in [2.45, 2.75) is 32.7 Å². The van der Waals surface area contributed by atoms with Gasteiger partial charge in [0.25, 0.3) is 0 Å². The molecule has 1 fully saturated rings. The van der Waals surface area contributed by atoms with Crippen LogP contribution >= 0.6 is 0 Å². The van der Waals surface area contributed by atoms with Crippen molar-refractivity contribution < 1.29 is 0 Å². The lowest BCUT2D eigenvalue weighted by Crippen LogP contribution is -2.28. The number of rotatable bonds is 6. The Labute approximate surface area is 144 Å². The lowest BCUT2D eigenvalue weighted by molar-refractivity contribution is 0.279. The smallest absolute Gasteiger partial charge is 0.133 e. The van der Waals surface area contributed by atoms with E-state index in [0.717, 1.165) is 37.8 Å². The van der Waals surface area contributed by atoms with Crippen LogP contribution < -0.4 is 4.90 Å². The van der Waals surface area contributed by atoms with E-state index in [2.05, 4.69) is 46.7 Å². The van der Waals surface area contributed by atoms with E-state index in [1.807, 2.05) is 30.7 Å². The summed E-state index contributed by atoms with van der Waals surface area (Å²) in [5.74, 6) is 3.06. The Bertz CT molecular complexity index is 643. The lowest BCUT2D eigenvalue weighted by atomic mass is 10.1. The van der Waals surface area contributed by atoms with Crippen molar-refractivity contribution in [3.8, 4) is 0 Å². The standard InChI is InChI=1S/C19H27N5/c1-15(2)19-21-9-6-18(22-19)24-10-7-17(14-24)13-23(3)12-16-5-4-8-20-11-16/h4-6,8-9,11,15,17H,7,10,12-14H2,1-3H3. The highest BCUT2D eigenvalue weighted by Gasteiger charge is 2.25. The number of anilines is 1. The Morgan fingerprint density at radius 3 is 2.92 bits per heavy atom. The topological polar surface area (TPSA) is 45.2 Å². The van der Waals surface area contributed by atoms with Gasteiger partial charge < -0.3 is 9.80 Å². The van der Waals surface area contributed by atoms with E-state index in [1.54, 1.807) is 0 Å². The van der Waals surface area contributed by atoms with Crippen molar-refractivity contribution in [1.82, 2.24) is 19.9 Å². The summed E-state index contributed by atoms with van der Waals surface area (Å²) in [6.45, 7) is 8.49. The first-order valence-corrected chi connectivity index (χ1v) is 8.77. The minimum atomic E-state index is 0.369. The molecule has 1 atom stereocenters. The van der Waals surface area contributed by atoms with Crippen LogP contribution in [0.2, 0.25) is 0 Å². The lowest BCUT2D eigenvalue weighted by Gasteiger charge is -2.22. The average molecular weight is 325 g/mol. The van der Waals surface area contributed by atoms with Gasteiger partial charge in [-0.2, -0.15) is 0 Å². The van der Waals surface area contributed by atoms with Gasteiger partial charge in [0.1, 0.15) is 11.6 Å². The Balaban J connectivity index is 1.54. The van der Waals surface area contributed by atoms with E-state index in [0.29, 0.717) is 11.8 Å². The molecule has 5 heteroatoms. The number of aromatic nitrogens is 3. The Kier molecular flexibility index (Phi) is 5.41. The number of nitrogens with zero attached hydrogens (tertiary/aromatic N) is 5. The summed E-state index contributed by atoms with van der Waals surface area (Å²) in [5.41, 5.74) is 1.27. The maximum atomic E-state index is 4.73. The van der Waals surface area contributed by atoms with Crippen LogP contribution in [-0.4, -0.2) is 46.5 Å². The van der Waals surface area contributed by atoms with Crippen LogP contribution in [0.15, 0.2) is 36.8 Å². The van der Waals surface area contributed by atoms with Crippen molar-refractivity contribution >= 4 is 5.82 Å². The molecule has 1 aliphatic rings. The van der Waals surface area contributed by atoms with E-state index < -0.39 is 0 Å². The molecular weight excluding hydrogens is 298 g/mol. The monoisotopic (exact) mass is 325 g/mol. The molecule has 5 nitrogen and oxygen atoms in total. The summed E-state index contributed by atoms with van der Waals surface area (Å²) in [4.78, 5) is 18.1. The van der Waals surface area contributed by atoms with Gasteiger partial charge in [0.05, 0.1) is 0 Å². The molecule has 0 amide bonds. The summed E-state index contributed by atoms with van der Waals surface area (Å²) in [5, 5.41) is 0. The third-order valence-corrected chi connectivity index (χ3v) is 4.53. The quantitative estimate of drug-likeness (QED) is 0.817. The predicted molar refractivity (Wildman–Crippen MR) is 97.0 cm³/mol. The molecular formula is C19H27N5. The third-order valence-electron chi connectivity index (χ3n) is 4.53. The number of hydrogen-bond acceptors (Lipinski definition) is 5. The van der Waals surface area contributed by atoms with Crippen molar-refractivity contribution in [2.24, 2.45) is 5.92 Å². The van der Waals surface area contributed by atoms with Crippen molar-refractivity contribution in [3.05, 3.63) is 48.2 Å². The zero-order valence-electron chi connectivity index (χ0n) is 14.9. The second-order valence-electron chi connectivity index (χ2n) is 7.09. The van der Waals surface area contributed by atoms with Crippen LogP contribution in [0.4, 0.5) is 5.82 Å². The van der Waals surface area contributed by atoms with Crippen LogP contribution in [0.3, 0.4) is 0 Å². The minimum Gasteiger partial charge on any atom is -0.356 e. The first kappa shape index (κ1) is 16.8. The molecule has 24 heavy (non-hydrogen) atoms. The number of pyridine rings is 1. The largest absolute Gasteiger partial charge is 0.356 e. The van der Waals surface area contributed by atoms with E-state index >= 15 is 0 Å². The highest BCUT2D eigenvalue weighted by Crippen LogP contribution is 2.24. The Hall–Kier alpha value is -2.01. The van der Waals surface area contributed by atoms with Gasteiger partial charge in [0.2, 0.25) is 0 Å². The fourth-order valence-electron chi connectivity index (χ4n) is 3.32. The van der Waals surface area contributed by atoms with Crippen molar-refractivity contribution in [2.75, 3.05) is 31.6 Å². The predicted octanol–water partition coefficient (Wildman–Crippen LogP) is 2.95. The second kappa shape index (κ2) is 7.71. The van der Waals surface area contributed by atoms with E-state index in [9.17, 15) is 0 Å². The molecule has 0 bridgehead atoms. The van der Waals surface area contributed by atoms with Gasteiger partial charge in [-0.3, -0.25) is 4.98 Å². The van der Waals surface area contributed by atoms with Crippen LogP contribution in [0.25, 0.3) is 0 Å². The third kappa shape index (κ3) is 4.29. The maximum Gasteiger partial charge on any atom is 0.133 e. The summed E-state index contributed by atoms with van der Waals surface area (Å²) < 4.78 is 0. The fraction of sp³-hybridized carbons (Fsp3) is 0.526. The molecule has 0 aromatic carbocycles. The molecule has 0 N–H and O–H groups in total. The molecule has 0 aliphatic carbocycles. The van der Waals surface area contributed by atoms with Gasteiger partial charge in [0.15, 0.2) is 0 Å². The maximum absolute atomic E-state index is 4.73. The van der Waals surface area contributed by atoms with Gasteiger partial charge in [0, 0.05) is 50.7 Å². The average Bonchev–Trinajstić information content (AvgIpc) is 3.04. The highest BCUT2D eigenvalue weighted by atomic mass is 15.2. The molecule has 3 heterocycles. The molecule has 0 spiro atoms. The van der Waals surface area contributed by atoms with Gasteiger partial charge in [-0.15, -0.1) is 0 Å². The molecule has 3 rings (SSSR count). The normalized spacial score (nSPS) is 17.9. The zero-order chi connectivity index (χ0) is 16.9. The van der Waals surface area contributed by atoms with Crippen molar-refractivity contribution in [1.29, 1.82) is 0 Å². The molecule has 1 saturated heterocycles. The minimum absolute atomic E-state index is 0.369. The van der Waals surface area contributed by atoms with Gasteiger partial charge in [-0.05, 0) is 37.1 Å². The molecule has 0 saturated carbocycles. The SMILES string of the molecule is CC(C)c1nccc(N2CCC(CN(C)Cc3cccnc3)C2)n1. The van der Waals surface area contributed by atoms with Crippen LogP contribution in [0.5, 0.6) is 0 Å². The fourth-order valence-corrected chi connectivity index (χ4v) is 3.32. The molecule has 1 aliphatic heterocycles. The number of hydrogen-bond donors (Lipinski definition) is 0. The van der Waals surface area contributed by atoms with Gasteiger partial charge >= 0.3 is 0 Å². The summed E-state index contributed by atoms with van der Waals surface area (Å²) in [7, 11) is 2.19. The second-order valence-corrected chi connectivity index (χ2v) is 7.09. The summed E-state index contributed by atoms with van der Waals surface area (Å²) in [6, 6.07) is 6.17. The van der Waals surface area contributed by atoms with Crippen molar-refractivity contribution in [3.63, 3.8) is 0 Å². The summed E-state index contributed by atoms with van der Waals surface area (Å²) >= 11 is 0. The molecule has 128 valence electrons. The molecule has 1 unspecified atom stereocenters. The van der Waals surface area contributed by atoms with E-state index in [-0.39, 0.29) is 0 Å². The molecule has 2 aromatic heterocycles. The first-order valence-electron chi connectivity index (χ1n) is 8.77. The van der Waals surface area contributed by atoms with E-state index in [1.165, 1.54) is 12.0 Å². The first-order chi connectivity index (χ1) is 11.6. The van der Waals surface area contributed by atoms with Crippen LogP contribution in [0.1, 0.15) is 37.6 Å². The zero-order valence-corrected chi connectivity index (χ0v) is 14.9. The molecule has 0 radical (unpaired) electrons. The summed E-state index contributed by atoms with van der Waals surface area (Å²) in [6.07, 6.45) is 6.88. The van der Waals surface area contributed by atoms with Crippen LogP contribution in [0, 0.1) is 5.92 Å². The van der Waals surface area contributed by atoms with Gasteiger partial charge in [-0.1, -0.05) is 19.9 Å². The molecule has 2 aromatic rings. The van der Waals surface area contributed by atoms with Gasteiger partial charge in [-0.25, -0.2) is 9.97 Å². The van der Waals surface area contributed by atoms with Crippen LogP contribution in [-0.2, 0) is 6.54 Å². The highest BCUT2D eigenvalue weighted by molar-refractivity contribution is 5.39.